The van der Waals surface area contributed by atoms with Crippen LogP contribution in [0.2, 0.25) is 0 Å². The molecule has 1 aromatic carbocycles. The molecule has 1 amide bonds. The normalized spacial score (nSPS) is 24.3. The SMILES string of the molecule is CC1=C(C(=O)N2CCOCC2)[C@@H](c2ccc(F)cc2)C2=C(CC(C)(C)CC2=O)N1. The highest BCUT2D eigenvalue weighted by Gasteiger charge is 2.43. The zero-order valence-electron chi connectivity index (χ0n) is 17.2. The zero-order valence-corrected chi connectivity index (χ0v) is 17.2. The minimum Gasteiger partial charge on any atom is -0.378 e. The molecule has 4 rings (SSSR count). The summed E-state index contributed by atoms with van der Waals surface area (Å²) in [6.07, 6.45) is 1.17. The van der Waals surface area contributed by atoms with E-state index in [0.29, 0.717) is 43.9 Å². The number of halogens is 1. The van der Waals surface area contributed by atoms with E-state index in [1.54, 1.807) is 17.0 Å². The van der Waals surface area contributed by atoms with Gasteiger partial charge in [0.1, 0.15) is 5.82 Å². The molecule has 0 radical (unpaired) electrons. The Morgan fingerprint density at radius 1 is 1.17 bits per heavy atom. The number of ether oxygens (including phenoxy) is 1. The molecule has 1 N–H and O–H groups in total. The molecule has 1 atom stereocenters. The molecule has 0 spiro atoms. The lowest BCUT2D eigenvalue weighted by atomic mass is 9.68. The van der Waals surface area contributed by atoms with Crippen LogP contribution >= 0.6 is 0 Å². The molecule has 0 aromatic heterocycles. The Morgan fingerprint density at radius 3 is 2.48 bits per heavy atom. The Balaban J connectivity index is 1.82. The third-order valence-corrected chi connectivity index (χ3v) is 5.97. The van der Waals surface area contributed by atoms with Gasteiger partial charge < -0.3 is 15.0 Å². The van der Waals surface area contributed by atoms with Crippen LogP contribution in [0.25, 0.3) is 0 Å². The van der Waals surface area contributed by atoms with Crippen molar-refractivity contribution in [2.45, 2.75) is 39.5 Å². The number of morpholine rings is 1. The van der Waals surface area contributed by atoms with Crippen LogP contribution in [-0.2, 0) is 14.3 Å². The van der Waals surface area contributed by atoms with Crippen LogP contribution in [0.3, 0.4) is 0 Å². The number of Topliss-reactive ketones (excluding diaryl/α,β-unsaturated/α-hetero) is 1. The van der Waals surface area contributed by atoms with Crippen molar-refractivity contribution in [1.29, 1.82) is 0 Å². The molecule has 0 saturated carbocycles. The second kappa shape index (κ2) is 7.41. The van der Waals surface area contributed by atoms with Gasteiger partial charge in [0.15, 0.2) is 5.78 Å². The van der Waals surface area contributed by atoms with Gasteiger partial charge >= 0.3 is 0 Å². The molecule has 1 aliphatic carbocycles. The Morgan fingerprint density at radius 2 is 1.83 bits per heavy atom. The van der Waals surface area contributed by atoms with Crippen LogP contribution in [0, 0.1) is 11.2 Å². The number of hydrogen-bond donors (Lipinski definition) is 1. The maximum Gasteiger partial charge on any atom is 0.252 e. The van der Waals surface area contributed by atoms with Crippen molar-refractivity contribution in [2.75, 3.05) is 26.3 Å². The molecule has 2 aliphatic heterocycles. The molecule has 154 valence electrons. The van der Waals surface area contributed by atoms with Crippen molar-refractivity contribution >= 4 is 11.7 Å². The smallest absolute Gasteiger partial charge is 0.252 e. The van der Waals surface area contributed by atoms with E-state index in [9.17, 15) is 14.0 Å². The first kappa shape index (κ1) is 19.8. The lowest BCUT2D eigenvalue weighted by molar-refractivity contribution is -0.131. The van der Waals surface area contributed by atoms with E-state index in [2.05, 4.69) is 19.2 Å². The Labute approximate surface area is 170 Å². The number of benzene rings is 1. The third-order valence-electron chi connectivity index (χ3n) is 5.97. The highest BCUT2D eigenvalue weighted by molar-refractivity contribution is 6.05. The summed E-state index contributed by atoms with van der Waals surface area (Å²) in [5, 5.41) is 3.37. The Hall–Kier alpha value is -2.47. The van der Waals surface area contributed by atoms with Crippen LogP contribution in [0.5, 0.6) is 0 Å². The molecule has 1 aromatic rings. The fourth-order valence-corrected chi connectivity index (χ4v) is 4.64. The number of rotatable bonds is 2. The van der Waals surface area contributed by atoms with E-state index in [1.807, 2.05) is 6.92 Å². The van der Waals surface area contributed by atoms with Crippen LogP contribution in [-0.4, -0.2) is 42.9 Å². The quantitative estimate of drug-likeness (QED) is 0.831. The maximum atomic E-state index is 13.6. The van der Waals surface area contributed by atoms with E-state index in [4.69, 9.17) is 4.74 Å². The number of allylic oxidation sites excluding steroid dienone is 3. The number of ketones is 1. The van der Waals surface area contributed by atoms with Crippen molar-refractivity contribution in [1.82, 2.24) is 10.2 Å². The summed E-state index contributed by atoms with van der Waals surface area (Å²) in [6, 6.07) is 6.15. The van der Waals surface area contributed by atoms with Gasteiger partial charge in [-0.05, 0) is 36.5 Å². The lowest BCUT2D eigenvalue weighted by Crippen LogP contribution is -2.45. The minimum absolute atomic E-state index is 0.0536. The highest BCUT2D eigenvalue weighted by Crippen LogP contribution is 2.46. The third kappa shape index (κ3) is 3.73. The van der Waals surface area contributed by atoms with Gasteiger partial charge in [0.25, 0.3) is 5.91 Å². The first-order chi connectivity index (χ1) is 13.8. The number of hydrogen-bond acceptors (Lipinski definition) is 4. The van der Waals surface area contributed by atoms with Gasteiger partial charge in [0.2, 0.25) is 0 Å². The van der Waals surface area contributed by atoms with Gasteiger partial charge in [0, 0.05) is 48.0 Å². The van der Waals surface area contributed by atoms with Crippen LogP contribution < -0.4 is 5.32 Å². The van der Waals surface area contributed by atoms with E-state index < -0.39 is 5.92 Å². The number of nitrogens with zero attached hydrogens (tertiary/aromatic N) is 1. The second-order valence-electron chi connectivity index (χ2n) is 8.89. The summed E-state index contributed by atoms with van der Waals surface area (Å²) >= 11 is 0. The second-order valence-corrected chi connectivity index (χ2v) is 8.89. The summed E-state index contributed by atoms with van der Waals surface area (Å²) in [5.41, 5.74) is 3.51. The van der Waals surface area contributed by atoms with Crippen molar-refractivity contribution in [2.24, 2.45) is 5.41 Å². The highest BCUT2D eigenvalue weighted by atomic mass is 19.1. The molecule has 6 heteroatoms. The van der Waals surface area contributed by atoms with Crippen molar-refractivity contribution in [3.05, 3.63) is 58.2 Å². The Kier molecular flexibility index (Phi) is 5.07. The van der Waals surface area contributed by atoms with Gasteiger partial charge in [-0.25, -0.2) is 4.39 Å². The molecule has 3 aliphatic rings. The molecule has 2 heterocycles. The number of carbonyl (C=O) groups is 2. The summed E-state index contributed by atoms with van der Waals surface area (Å²) in [4.78, 5) is 28.5. The van der Waals surface area contributed by atoms with Gasteiger partial charge in [-0.2, -0.15) is 0 Å². The minimum atomic E-state index is -0.481. The topological polar surface area (TPSA) is 58.6 Å². The largest absolute Gasteiger partial charge is 0.378 e. The van der Waals surface area contributed by atoms with Crippen LogP contribution in [0.4, 0.5) is 4.39 Å². The number of nitrogens with one attached hydrogen (secondary N) is 1. The van der Waals surface area contributed by atoms with Crippen molar-refractivity contribution < 1.29 is 18.7 Å². The Bertz CT molecular complexity index is 909. The summed E-state index contributed by atoms with van der Waals surface area (Å²) < 4.78 is 19.0. The predicted octanol–water partition coefficient (Wildman–Crippen LogP) is 3.29. The monoisotopic (exact) mass is 398 g/mol. The van der Waals surface area contributed by atoms with Crippen LogP contribution in [0.1, 0.15) is 45.1 Å². The fraction of sp³-hybridized carbons (Fsp3) is 0.478. The molecule has 0 bridgehead atoms. The number of carbonyl (C=O) groups excluding carboxylic acids is 2. The molecule has 1 saturated heterocycles. The number of dihydropyridines is 1. The van der Waals surface area contributed by atoms with E-state index in [1.165, 1.54) is 12.1 Å². The van der Waals surface area contributed by atoms with E-state index in [0.717, 1.165) is 23.4 Å². The maximum absolute atomic E-state index is 13.6. The fourth-order valence-electron chi connectivity index (χ4n) is 4.64. The molecule has 29 heavy (non-hydrogen) atoms. The van der Waals surface area contributed by atoms with Gasteiger partial charge in [0.05, 0.1) is 13.2 Å². The predicted molar refractivity (Wildman–Crippen MR) is 107 cm³/mol. The average molecular weight is 398 g/mol. The summed E-state index contributed by atoms with van der Waals surface area (Å²) in [6.45, 7) is 8.12. The van der Waals surface area contributed by atoms with Crippen molar-refractivity contribution in [3.8, 4) is 0 Å². The number of amides is 1. The van der Waals surface area contributed by atoms with Crippen molar-refractivity contribution in [3.63, 3.8) is 0 Å². The molecule has 5 nitrogen and oxygen atoms in total. The van der Waals surface area contributed by atoms with Gasteiger partial charge in [-0.3, -0.25) is 9.59 Å². The van der Waals surface area contributed by atoms with E-state index >= 15 is 0 Å². The average Bonchev–Trinajstić information content (AvgIpc) is 2.67. The molecular formula is C23H27FN2O3. The summed E-state index contributed by atoms with van der Waals surface area (Å²) in [7, 11) is 0. The first-order valence-electron chi connectivity index (χ1n) is 10.1. The van der Waals surface area contributed by atoms with Crippen LogP contribution in [0.15, 0.2) is 46.8 Å². The van der Waals surface area contributed by atoms with E-state index in [-0.39, 0.29) is 22.9 Å². The summed E-state index contributed by atoms with van der Waals surface area (Å²) in [5.74, 6) is -0.852. The molecule has 1 fully saturated rings. The molecule has 0 unspecified atom stereocenters. The lowest BCUT2D eigenvalue weighted by Gasteiger charge is -2.41. The first-order valence-corrected chi connectivity index (χ1v) is 10.1. The standard InChI is InChI=1S/C23H27FN2O3/c1-14-19(22(28)26-8-10-29-11-9-26)20(15-4-6-16(24)7-5-15)21-17(25-14)12-23(2,3)13-18(21)27/h4-7,20,25H,8-13H2,1-3H3/t20-/m1/s1. The van der Waals surface area contributed by atoms with Gasteiger partial charge in [-0.15, -0.1) is 0 Å². The molecular weight excluding hydrogens is 371 g/mol. The zero-order chi connectivity index (χ0) is 20.8. The van der Waals surface area contributed by atoms with Gasteiger partial charge in [-0.1, -0.05) is 26.0 Å².